The molecule has 142 valence electrons. The Hall–Kier alpha value is -3.49. The van der Waals surface area contributed by atoms with Gasteiger partial charge >= 0.3 is 6.09 Å². The Bertz CT molecular complexity index is 831. The second-order valence-corrected chi connectivity index (χ2v) is 6.54. The molecule has 0 saturated carbocycles. The first-order chi connectivity index (χ1) is 12.7. The third kappa shape index (κ3) is 7.10. The normalized spacial score (nSPS) is 11.2. The second-order valence-electron chi connectivity index (χ2n) is 6.54. The van der Waals surface area contributed by atoms with Crippen LogP contribution in [0.5, 0.6) is 0 Å². The molecule has 2 rings (SSSR count). The molecule has 0 saturated heterocycles. The molecule has 0 aliphatic heterocycles. The summed E-state index contributed by atoms with van der Waals surface area (Å²) in [4.78, 5) is 27.5. The van der Waals surface area contributed by atoms with Crippen molar-refractivity contribution in [1.82, 2.24) is 10.3 Å². The van der Waals surface area contributed by atoms with Crippen molar-refractivity contribution in [3.63, 3.8) is 0 Å². The zero-order chi connectivity index (χ0) is 19.9. The average molecular weight is 370 g/mol. The number of pyridine rings is 1. The van der Waals surface area contributed by atoms with Crippen molar-refractivity contribution in [3.8, 4) is 0 Å². The molecule has 1 aromatic carbocycles. The maximum absolute atomic E-state index is 11.9. The van der Waals surface area contributed by atoms with E-state index in [0.717, 1.165) is 0 Å². The number of nitrogens with two attached hydrogens (primary N) is 1. The zero-order valence-corrected chi connectivity index (χ0v) is 15.4. The van der Waals surface area contributed by atoms with E-state index in [-0.39, 0.29) is 18.2 Å². The van der Waals surface area contributed by atoms with E-state index in [1.165, 1.54) is 0 Å². The number of nitrogens with zero attached hydrogens (tertiary/aromatic N) is 3. The third-order valence-corrected chi connectivity index (χ3v) is 2.99. The van der Waals surface area contributed by atoms with Crippen molar-refractivity contribution in [3.05, 3.63) is 42.5 Å². The minimum atomic E-state index is -0.679. The molecule has 0 bridgehead atoms. The monoisotopic (exact) mass is 370 g/mol. The number of anilines is 2. The Morgan fingerprint density at radius 1 is 1.11 bits per heavy atom. The highest BCUT2D eigenvalue weighted by atomic mass is 16.6. The molecule has 2 amide bonds. The SMILES string of the molecule is CC(C)(C)OC(=O)NCC(=O)Nc1ccc(/N=N/c2ccccc2)c(N)n1. The lowest BCUT2D eigenvalue weighted by molar-refractivity contribution is -0.115. The minimum Gasteiger partial charge on any atom is -0.444 e. The van der Waals surface area contributed by atoms with Crippen molar-refractivity contribution in [1.29, 1.82) is 0 Å². The number of hydrogen-bond acceptors (Lipinski definition) is 7. The van der Waals surface area contributed by atoms with E-state index in [9.17, 15) is 9.59 Å². The molecule has 9 heteroatoms. The second kappa shape index (κ2) is 8.75. The smallest absolute Gasteiger partial charge is 0.408 e. The van der Waals surface area contributed by atoms with E-state index in [0.29, 0.717) is 11.4 Å². The van der Waals surface area contributed by atoms with Crippen LogP contribution in [0.4, 0.5) is 27.8 Å². The van der Waals surface area contributed by atoms with Gasteiger partial charge in [0.2, 0.25) is 5.91 Å². The maximum atomic E-state index is 11.9. The number of nitrogen functional groups attached to an aromatic ring is 1. The lowest BCUT2D eigenvalue weighted by Crippen LogP contribution is -2.37. The molecule has 1 aromatic heterocycles. The fourth-order valence-electron chi connectivity index (χ4n) is 1.88. The molecule has 0 radical (unpaired) electrons. The average Bonchev–Trinajstić information content (AvgIpc) is 2.59. The van der Waals surface area contributed by atoms with E-state index in [4.69, 9.17) is 10.5 Å². The molecule has 0 spiro atoms. The van der Waals surface area contributed by atoms with Gasteiger partial charge in [0.1, 0.15) is 23.7 Å². The number of rotatable bonds is 5. The van der Waals surface area contributed by atoms with Gasteiger partial charge in [0.25, 0.3) is 0 Å². The highest BCUT2D eigenvalue weighted by Gasteiger charge is 2.16. The summed E-state index contributed by atoms with van der Waals surface area (Å²) in [5.74, 6) is -0.110. The van der Waals surface area contributed by atoms with Gasteiger partial charge in [0, 0.05) is 0 Å². The number of nitrogens with one attached hydrogen (secondary N) is 2. The molecule has 27 heavy (non-hydrogen) atoms. The number of ether oxygens (including phenoxy) is 1. The van der Waals surface area contributed by atoms with Crippen LogP contribution in [-0.2, 0) is 9.53 Å². The number of benzene rings is 1. The molecule has 0 aliphatic carbocycles. The minimum absolute atomic E-state index is 0.118. The summed E-state index contributed by atoms with van der Waals surface area (Å²) in [6, 6.07) is 12.3. The first kappa shape index (κ1) is 19.8. The Morgan fingerprint density at radius 2 is 1.81 bits per heavy atom. The van der Waals surface area contributed by atoms with Crippen LogP contribution >= 0.6 is 0 Å². The van der Waals surface area contributed by atoms with Gasteiger partial charge < -0.3 is 21.1 Å². The van der Waals surface area contributed by atoms with Crippen molar-refractivity contribution >= 4 is 35.0 Å². The third-order valence-electron chi connectivity index (χ3n) is 2.99. The predicted octanol–water partition coefficient (Wildman–Crippen LogP) is 3.54. The predicted molar refractivity (Wildman–Crippen MR) is 102 cm³/mol. The van der Waals surface area contributed by atoms with Crippen LogP contribution in [0, 0.1) is 0 Å². The van der Waals surface area contributed by atoms with Gasteiger partial charge in [-0.25, -0.2) is 9.78 Å². The van der Waals surface area contributed by atoms with E-state index < -0.39 is 17.6 Å². The lowest BCUT2D eigenvalue weighted by atomic mass is 10.2. The van der Waals surface area contributed by atoms with E-state index >= 15 is 0 Å². The molecule has 0 atom stereocenters. The summed E-state index contributed by atoms with van der Waals surface area (Å²) >= 11 is 0. The summed E-state index contributed by atoms with van der Waals surface area (Å²) < 4.78 is 5.05. The van der Waals surface area contributed by atoms with Crippen LogP contribution in [0.15, 0.2) is 52.7 Å². The Labute approximate surface area is 157 Å². The van der Waals surface area contributed by atoms with Crippen LogP contribution in [0.25, 0.3) is 0 Å². The van der Waals surface area contributed by atoms with E-state index in [2.05, 4.69) is 25.8 Å². The summed E-state index contributed by atoms with van der Waals surface area (Å²) in [5.41, 5.74) is 6.27. The van der Waals surface area contributed by atoms with Crippen molar-refractivity contribution < 1.29 is 14.3 Å². The van der Waals surface area contributed by atoms with Gasteiger partial charge in [-0.1, -0.05) is 18.2 Å². The molecular weight excluding hydrogens is 348 g/mol. The van der Waals surface area contributed by atoms with Gasteiger partial charge in [0.15, 0.2) is 5.82 Å². The largest absolute Gasteiger partial charge is 0.444 e. The molecule has 9 nitrogen and oxygen atoms in total. The van der Waals surface area contributed by atoms with E-state index in [1.54, 1.807) is 45.0 Å². The van der Waals surface area contributed by atoms with Crippen molar-refractivity contribution in [2.45, 2.75) is 26.4 Å². The van der Waals surface area contributed by atoms with E-state index in [1.807, 2.05) is 18.2 Å². The highest BCUT2D eigenvalue weighted by molar-refractivity contribution is 5.93. The molecule has 1 heterocycles. The molecule has 0 unspecified atom stereocenters. The fraction of sp³-hybridized carbons (Fsp3) is 0.278. The lowest BCUT2D eigenvalue weighted by Gasteiger charge is -2.19. The van der Waals surface area contributed by atoms with Crippen LogP contribution < -0.4 is 16.4 Å². The van der Waals surface area contributed by atoms with Crippen LogP contribution in [-0.4, -0.2) is 29.1 Å². The molecular formula is C18H22N6O3. The van der Waals surface area contributed by atoms with Crippen LogP contribution in [0.3, 0.4) is 0 Å². The summed E-state index contributed by atoms with van der Waals surface area (Å²) in [7, 11) is 0. The number of alkyl carbamates (subject to hydrolysis) is 1. The zero-order valence-electron chi connectivity index (χ0n) is 15.4. The van der Waals surface area contributed by atoms with Crippen molar-refractivity contribution in [2.24, 2.45) is 10.2 Å². The summed E-state index contributed by atoms with van der Waals surface area (Å²) in [5, 5.41) is 13.0. The van der Waals surface area contributed by atoms with Crippen molar-refractivity contribution in [2.75, 3.05) is 17.6 Å². The number of carbonyl (C=O) groups is 2. The highest BCUT2D eigenvalue weighted by Crippen LogP contribution is 2.24. The number of amides is 2. The quantitative estimate of drug-likeness (QED) is 0.693. The first-order valence-electron chi connectivity index (χ1n) is 8.23. The Morgan fingerprint density at radius 3 is 2.44 bits per heavy atom. The summed E-state index contributed by atoms with van der Waals surface area (Å²) in [6.07, 6.45) is -0.679. The maximum Gasteiger partial charge on any atom is 0.408 e. The molecule has 0 aliphatic rings. The van der Waals surface area contributed by atoms with Crippen LogP contribution in [0.1, 0.15) is 20.8 Å². The van der Waals surface area contributed by atoms with Gasteiger partial charge in [-0.05, 0) is 45.0 Å². The number of carbonyl (C=O) groups excluding carboxylic acids is 2. The first-order valence-corrected chi connectivity index (χ1v) is 8.23. The number of hydrogen-bond donors (Lipinski definition) is 3. The van der Waals surface area contributed by atoms with Crippen LogP contribution in [0.2, 0.25) is 0 Å². The van der Waals surface area contributed by atoms with Gasteiger partial charge in [0.05, 0.1) is 5.69 Å². The van der Waals surface area contributed by atoms with Gasteiger partial charge in [-0.15, -0.1) is 5.11 Å². The molecule has 0 fully saturated rings. The number of aromatic nitrogens is 1. The standard InChI is InChI=1S/C18H22N6O3/c1-18(2,3)27-17(26)20-11-15(25)21-14-10-9-13(16(19)22-14)24-23-12-7-5-4-6-8-12/h4-10H,11H2,1-3H3,(H,20,26)(H3,19,21,22,25)/b24-23+. The molecule has 4 N–H and O–H groups in total. The summed E-state index contributed by atoms with van der Waals surface area (Å²) in [6.45, 7) is 4.94. The Balaban J connectivity index is 1.90. The Kier molecular flexibility index (Phi) is 6.42. The van der Waals surface area contributed by atoms with Gasteiger partial charge in [-0.3, -0.25) is 4.79 Å². The number of azo groups is 1. The topological polar surface area (TPSA) is 131 Å². The fourth-order valence-corrected chi connectivity index (χ4v) is 1.88. The molecule has 2 aromatic rings. The van der Waals surface area contributed by atoms with Gasteiger partial charge in [-0.2, -0.15) is 5.11 Å².